The van der Waals surface area contributed by atoms with E-state index in [1.165, 1.54) is 18.3 Å². The number of hydrogen-bond acceptors (Lipinski definition) is 5. The van der Waals surface area contributed by atoms with E-state index in [1.54, 1.807) is 20.0 Å². The molecule has 2 N–H and O–H groups in total. The number of ketones is 1. The van der Waals surface area contributed by atoms with E-state index in [2.05, 4.69) is 10.3 Å². The van der Waals surface area contributed by atoms with Crippen LogP contribution in [-0.4, -0.2) is 21.8 Å². The number of carbonyl (C=O) groups is 2. The van der Waals surface area contributed by atoms with E-state index in [0.29, 0.717) is 17.0 Å². The standard InChI is InChI=1S/C17H16N2O3S/c1-8-13(10(3)20)15(14(17(21)22)9(2)19-8)12-7-23-16-11(12)5-4-6-18-16/h4-7,15,19H,1-3H3,(H,21,22). The molecule has 2 aromatic heterocycles. The molecule has 23 heavy (non-hydrogen) atoms. The summed E-state index contributed by atoms with van der Waals surface area (Å²) in [6.45, 7) is 5.00. The monoisotopic (exact) mass is 328 g/mol. The van der Waals surface area contributed by atoms with Crippen molar-refractivity contribution in [2.24, 2.45) is 0 Å². The number of Topliss-reactive ketones (excluding diaryl/α,β-unsaturated/α-hetero) is 1. The Morgan fingerprint density at radius 2 is 1.96 bits per heavy atom. The maximum atomic E-state index is 12.2. The Labute approximate surface area is 137 Å². The van der Waals surface area contributed by atoms with Gasteiger partial charge in [0, 0.05) is 34.5 Å². The zero-order chi connectivity index (χ0) is 16.7. The molecule has 0 bridgehead atoms. The van der Waals surface area contributed by atoms with Gasteiger partial charge in [0.15, 0.2) is 5.78 Å². The second kappa shape index (κ2) is 5.62. The first-order valence-corrected chi connectivity index (χ1v) is 8.04. The van der Waals surface area contributed by atoms with Crippen molar-refractivity contribution in [1.29, 1.82) is 0 Å². The fourth-order valence-electron chi connectivity index (χ4n) is 3.17. The van der Waals surface area contributed by atoms with E-state index in [0.717, 1.165) is 15.8 Å². The maximum absolute atomic E-state index is 12.2. The van der Waals surface area contributed by atoms with Crippen LogP contribution in [0.3, 0.4) is 0 Å². The first-order valence-electron chi connectivity index (χ1n) is 7.16. The summed E-state index contributed by atoms with van der Waals surface area (Å²) in [5.74, 6) is -1.73. The third-order valence-electron chi connectivity index (χ3n) is 4.06. The van der Waals surface area contributed by atoms with Crippen LogP contribution in [0.5, 0.6) is 0 Å². The normalized spacial score (nSPS) is 18.3. The molecule has 118 valence electrons. The molecule has 3 heterocycles. The Bertz CT molecular complexity index is 856. The van der Waals surface area contributed by atoms with Crippen molar-refractivity contribution in [2.75, 3.05) is 0 Å². The van der Waals surface area contributed by atoms with Crippen LogP contribution in [0.15, 0.2) is 46.2 Å². The number of carboxylic acid groups (broad SMARTS) is 1. The van der Waals surface area contributed by atoms with Gasteiger partial charge < -0.3 is 10.4 Å². The molecule has 2 aromatic rings. The number of allylic oxidation sites excluding steroid dienone is 3. The van der Waals surface area contributed by atoms with Gasteiger partial charge in [-0.1, -0.05) is 6.07 Å². The van der Waals surface area contributed by atoms with Gasteiger partial charge in [-0.15, -0.1) is 11.3 Å². The molecule has 1 aliphatic heterocycles. The van der Waals surface area contributed by atoms with Gasteiger partial charge in [-0.25, -0.2) is 9.78 Å². The summed E-state index contributed by atoms with van der Waals surface area (Å²) in [5, 5.41) is 15.5. The predicted molar refractivity (Wildman–Crippen MR) is 89.2 cm³/mol. The van der Waals surface area contributed by atoms with Crippen LogP contribution in [0.1, 0.15) is 32.3 Å². The summed E-state index contributed by atoms with van der Waals surface area (Å²) >= 11 is 1.46. The highest BCUT2D eigenvalue weighted by Gasteiger charge is 2.36. The van der Waals surface area contributed by atoms with Gasteiger partial charge in [0.05, 0.1) is 5.57 Å². The lowest BCUT2D eigenvalue weighted by Crippen LogP contribution is -2.30. The molecule has 0 aliphatic carbocycles. The van der Waals surface area contributed by atoms with E-state index in [1.807, 2.05) is 17.5 Å². The second-order valence-electron chi connectivity index (χ2n) is 5.54. The Kier molecular flexibility index (Phi) is 3.77. The van der Waals surface area contributed by atoms with Crippen LogP contribution in [0.2, 0.25) is 0 Å². The number of aromatic nitrogens is 1. The van der Waals surface area contributed by atoms with E-state index < -0.39 is 11.9 Å². The number of carboxylic acids is 1. The van der Waals surface area contributed by atoms with E-state index in [4.69, 9.17) is 0 Å². The van der Waals surface area contributed by atoms with Crippen molar-refractivity contribution in [1.82, 2.24) is 10.3 Å². The summed E-state index contributed by atoms with van der Waals surface area (Å²) in [6, 6.07) is 3.73. The number of dihydropyridines is 1. The zero-order valence-electron chi connectivity index (χ0n) is 13.0. The van der Waals surface area contributed by atoms with Gasteiger partial charge in [-0.05, 0) is 37.8 Å². The van der Waals surface area contributed by atoms with E-state index in [9.17, 15) is 14.7 Å². The molecule has 1 aliphatic rings. The lowest BCUT2D eigenvalue weighted by Gasteiger charge is -2.29. The molecule has 0 amide bonds. The van der Waals surface area contributed by atoms with Crippen LogP contribution in [-0.2, 0) is 9.59 Å². The Morgan fingerprint density at radius 1 is 1.26 bits per heavy atom. The number of nitrogens with zero attached hydrogens (tertiary/aromatic N) is 1. The molecule has 5 nitrogen and oxygen atoms in total. The van der Waals surface area contributed by atoms with Crippen molar-refractivity contribution >= 4 is 33.3 Å². The highest BCUT2D eigenvalue weighted by molar-refractivity contribution is 7.16. The number of pyridine rings is 1. The summed E-state index contributed by atoms with van der Waals surface area (Å²) in [5.41, 5.74) is 2.79. The fourth-order valence-corrected chi connectivity index (χ4v) is 4.10. The lowest BCUT2D eigenvalue weighted by molar-refractivity contribution is -0.133. The lowest BCUT2D eigenvalue weighted by atomic mass is 9.79. The predicted octanol–water partition coefficient (Wildman–Crippen LogP) is 3.20. The Balaban J connectivity index is 2.31. The summed E-state index contributed by atoms with van der Waals surface area (Å²) in [6.07, 6.45) is 1.71. The fraction of sp³-hybridized carbons (Fsp3) is 0.235. The van der Waals surface area contributed by atoms with E-state index in [-0.39, 0.29) is 11.4 Å². The topological polar surface area (TPSA) is 79.3 Å². The average molecular weight is 328 g/mol. The maximum Gasteiger partial charge on any atom is 0.334 e. The summed E-state index contributed by atoms with van der Waals surface area (Å²) in [4.78, 5) is 29.2. The largest absolute Gasteiger partial charge is 0.478 e. The highest BCUT2D eigenvalue weighted by atomic mass is 32.1. The number of thiophene rings is 1. The number of fused-ring (bicyclic) bond motifs is 1. The van der Waals surface area contributed by atoms with E-state index >= 15 is 0 Å². The molecular weight excluding hydrogens is 312 g/mol. The third-order valence-corrected chi connectivity index (χ3v) is 4.98. The molecular formula is C17H16N2O3S. The van der Waals surface area contributed by atoms with Gasteiger partial charge in [-0.3, -0.25) is 4.79 Å². The summed E-state index contributed by atoms with van der Waals surface area (Å²) < 4.78 is 0. The number of nitrogens with one attached hydrogen (secondary N) is 1. The third kappa shape index (κ3) is 2.45. The molecule has 0 aromatic carbocycles. The van der Waals surface area contributed by atoms with Crippen molar-refractivity contribution in [3.8, 4) is 0 Å². The van der Waals surface area contributed by atoms with Gasteiger partial charge in [0.2, 0.25) is 0 Å². The molecule has 0 saturated carbocycles. The minimum absolute atomic E-state index is 0.130. The highest BCUT2D eigenvalue weighted by Crippen LogP contribution is 2.42. The minimum atomic E-state index is -1.02. The smallest absolute Gasteiger partial charge is 0.334 e. The molecule has 0 radical (unpaired) electrons. The van der Waals surface area contributed by atoms with Gasteiger partial charge in [-0.2, -0.15) is 0 Å². The van der Waals surface area contributed by atoms with Crippen LogP contribution in [0, 0.1) is 0 Å². The Hall–Kier alpha value is -2.47. The molecule has 0 spiro atoms. The molecule has 0 fully saturated rings. The molecule has 1 atom stereocenters. The SMILES string of the molecule is CC(=O)C1=C(C)NC(C)=C(C(=O)O)C1c1csc2ncccc12. The molecule has 0 saturated heterocycles. The minimum Gasteiger partial charge on any atom is -0.478 e. The Morgan fingerprint density at radius 3 is 2.61 bits per heavy atom. The molecule has 3 rings (SSSR count). The van der Waals surface area contributed by atoms with Crippen molar-refractivity contribution in [3.05, 3.63) is 51.8 Å². The van der Waals surface area contributed by atoms with Crippen LogP contribution >= 0.6 is 11.3 Å². The molecule has 6 heteroatoms. The van der Waals surface area contributed by atoms with Crippen LogP contribution in [0.4, 0.5) is 0 Å². The van der Waals surface area contributed by atoms with Crippen LogP contribution in [0.25, 0.3) is 10.2 Å². The van der Waals surface area contributed by atoms with Crippen molar-refractivity contribution in [2.45, 2.75) is 26.7 Å². The van der Waals surface area contributed by atoms with Crippen LogP contribution < -0.4 is 5.32 Å². The van der Waals surface area contributed by atoms with Gasteiger partial charge in [0.1, 0.15) is 4.83 Å². The van der Waals surface area contributed by atoms with Crippen molar-refractivity contribution < 1.29 is 14.7 Å². The quantitative estimate of drug-likeness (QED) is 0.904. The first-order chi connectivity index (χ1) is 10.9. The number of carbonyl (C=O) groups excluding carboxylic acids is 1. The average Bonchev–Trinajstić information content (AvgIpc) is 2.89. The zero-order valence-corrected chi connectivity index (χ0v) is 13.8. The number of hydrogen-bond donors (Lipinski definition) is 2. The number of aliphatic carboxylic acids is 1. The second-order valence-corrected chi connectivity index (χ2v) is 6.40. The first kappa shape index (κ1) is 15.4. The van der Waals surface area contributed by atoms with Crippen molar-refractivity contribution in [3.63, 3.8) is 0 Å². The van der Waals surface area contributed by atoms with Gasteiger partial charge >= 0.3 is 5.97 Å². The summed E-state index contributed by atoms with van der Waals surface area (Å²) in [7, 11) is 0. The number of rotatable bonds is 3. The van der Waals surface area contributed by atoms with Gasteiger partial charge in [0.25, 0.3) is 0 Å². The molecule has 1 unspecified atom stereocenters.